The van der Waals surface area contributed by atoms with E-state index in [9.17, 15) is 15.0 Å². The van der Waals surface area contributed by atoms with Crippen molar-refractivity contribution in [3.63, 3.8) is 0 Å². The molecule has 0 aromatic heterocycles. The zero-order valence-electron chi connectivity index (χ0n) is 11.9. The fourth-order valence-electron chi connectivity index (χ4n) is 2.17. The molecule has 118 valence electrons. The summed E-state index contributed by atoms with van der Waals surface area (Å²) in [5.74, 6) is -0.677. The van der Waals surface area contributed by atoms with Crippen molar-refractivity contribution in [2.45, 2.75) is 50.1 Å². The van der Waals surface area contributed by atoms with Crippen LogP contribution in [0.25, 0.3) is 0 Å². The highest BCUT2D eigenvalue weighted by Crippen LogP contribution is 2.23. The van der Waals surface area contributed by atoms with E-state index in [1.165, 1.54) is 14.2 Å². The van der Waals surface area contributed by atoms with Crippen LogP contribution in [0.15, 0.2) is 0 Å². The first-order valence-electron chi connectivity index (χ1n) is 6.44. The van der Waals surface area contributed by atoms with Gasteiger partial charge in [-0.05, 0) is 6.92 Å². The van der Waals surface area contributed by atoms with E-state index in [-0.39, 0.29) is 13.0 Å². The predicted molar refractivity (Wildman–Crippen MR) is 67.8 cm³/mol. The Hall–Kier alpha value is -0.770. The van der Waals surface area contributed by atoms with Gasteiger partial charge in [0.2, 0.25) is 5.91 Å². The summed E-state index contributed by atoms with van der Waals surface area (Å²) in [7, 11) is 2.83. The number of hydrogen-bond acceptors (Lipinski definition) is 7. The van der Waals surface area contributed by atoms with Crippen LogP contribution in [0.1, 0.15) is 13.3 Å². The summed E-state index contributed by atoms with van der Waals surface area (Å²) < 4.78 is 15.7. The maximum Gasteiger partial charge on any atom is 0.249 e. The summed E-state index contributed by atoms with van der Waals surface area (Å²) >= 11 is 0. The summed E-state index contributed by atoms with van der Waals surface area (Å²) in [5.41, 5.74) is 0. The van der Waals surface area contributed by atoms with Gasteiger partial charge in [-0.3, -0.25) is 4.79 Å². The molecule has 0 aromatic rings. The first-order chi connectivity index (χ1) is 9.46. The van der Waals surface area contributed by atoms with Gasteiger partial charge < -0.3 is 34.8 Å². The maximum absolute atomic E-state index is 11.7. The Morgan fingerprint density at radius 1 is 1.40 bits per heavy atom. The van der Waals surface area contributed by atoms with Crippen molar-refractivity contribution < 1.29 is 34.3 Å². The summed E-state index contributed by atoms with van der Waals surface area (Å²) in [6, 6.07) is -0.743. The van der Waals surface area contributed by atoms with Gasteiger partial charge in [-0.15, -0.1) is 0 Å². The van der Waals surface area contributed by atoms with Gasteiger partial charge in [0, 0.05) is 27.2 Å². The lowest BCUT2D eigenvalue weighted by atomic mass is 9.96. The molecule has 1 unspecified atom stereocenters. The molecule has 6 atom stereocenters. The fraction of sp³-hybridized carbons (Fsp3) is 0.917. The summed E-state index contributed by atoms with van der Waals surface area (Å²) in [4.78, 5) is 11.7. The Kier molecular flexibility index (Phi) is 6.80. The molecule has 0 aromatic carbocycles. The normalized spacial score (nSPS) is 35.6. The lowest BCUT2D eigenvalue weighted by molar-refractivity contribution is -0.269. The smallest absolute Gasteiger partial charge is 0.249 e. The average molecular weight is 293 g/mol. The van der Waals surface area contributed by atoms with Crippen molar-refractivity contribution in [3.8, 4) is 0 Å². The van der Waals surface area contributed by atoms with Crippen LogP contribution in [0.5, 0.6) is 0 Å². The van der Waals surface area contributed by atoms with Gasteiger partial charge >= 0.3 is 0 Å². The molecule has 1 rings (SSSR count). The minimum absolute atomic E-state index is 0.0711. The molecule has 1 amide bonds. The molecule has 0 bridgehead atoms. The van der Waals surface area contributed by atoms with Gasteiger partial charge in [0.15, 0.2) is 6.29 Å². The number of aliphatic hydroxyl groups excluding tert-OH is 3. The quantitative estimate of drug-likeness (QED) is 0.446. The molecule has 1 heterocycles. The third kappa shape index (κ3) is 3.87. The van der Waals surface area contributed by atoms with E-state index in [1.54, 1.807) is 6.92 Å². The van der Waals surface area contributed by atoms with Gasteiger partial charge in [0.1, 0.15) is 18.3 Å². The number of carbonyl (C=O) groups is 1. The molecule has 1 aliphatic rings. The van der Waals surface area contributed by atoms with E-state index in [0.29, 0.717) is 0 Å². The first-order valence-corrected chi connectivity index (χ1v) is 6.44. The Morgan fingerprint density at radius 2 is 2.05 bits per heavy atom. The summed E-state index contributed by atoms with van der Waals surface area (Å²) in [6.07, 6.45) is -4.46. The Morgan fingerprint density at radius 3 is 2.55 bits per heavy atom. The van der Waals surface area contributed by atoms with E-state index < -0.39 is 42.7 Å². The van der Waals surface area contributed by atoms with Crippen LogP contribution in [0, 0.1) is 0 Å². The van der Waals surface area contributed by atoms with Gasteiger partial charge in [0.25, 0.3) is 0 Å². The number of rotatable bonds is 6. The van der Waals surface area contributed by atoms with Crippen molar-refractivity contribution in [2.75, 3.05) is 20.8 Å². The molecule has 1 aliphatic heterocycles. The number of nitrogens with one attached hydrogen (secondary N) is 1. The third-order valence-corrected chi connectivity index (χ3v) is 3.35. The predicted octanol–water partition coefficient (Wildman–Crippen LogP) is -2.02. The maximum atomic E-state index is 11.7. The monoisotopic (exact) mass is 293 g/mol. The molecule has 4 N–H and O–H groups in total. The molecule has 20 heavy (non-hydrogen) atoms. The van der Waals surface area contributed by atoms with Gasteiger partial charge in [-0.1, -0.05) is 0 Å². The number of ether oxygens (including phenoxy) is 3. The number of hydrogen-bond donors (Lipinski definition) is 4. The number of methoxy groups -OCH3 is 2. The van der Waals surface area contributed by atoms with Crippen LogP contribution < -0.4 is 5.32 Å². The lowest BCUT2D eigenvalue weighted by Crippen LogP contribution is -2.64. The van der Waals surface area contributed by atoms with E-state index in [0.717, 1.165) is 0 Å². The van der Waals surface area contributed by atoms with Crippen molar-refractivity contribution in [2.24, 2.45) is 0 Å². The SMILES string of the molecule is CO[C@H]1O[C@H](C)[C@@H](NC(=O)C(O)CCO)[C@H](O)[C@@H]1OC. The van der Waals surface area contributed by atoms with Gasteiger partial charge in [-0.2, -0.15) is 0 Å². The molecule has 8 heteroatoms. The Labute approximate surface area is 117 Å². The van der Waals surface area contributed by atoms with Crippen molar-refractivity contribution >= 4 is 5.91 Å². The highest BCUT2D eigenvalue weighted by atomic mass is 16.7. The molecule has 0 spiro atoms. The lowest BCUT2D eigenvalue weighted by Gasteiger charge is -2.42. The minimum Gasteiger partial charge on any atom is -0.396 e. The van der Waals surface area contributed by atoms with Crippen molar-refractivity contribution in [1.29, 1.82) is 0 Å². The largest absolute Gasteiger partial charge is 0.396 e. The molecule has 0 saturated carbocycles. The second-order valence-corrected chi connectivity index (χ2v) is 4.70. The number of carbonyl (C=O) groups excluding carboxylic acids is 1. The Bertz CT molecular complexity index is 314. The van der Waals surface area contributed by atoms with Crippen LogP contribution in [-0.4, -0.2) is 78.8 Å². The highest BCUT2D eigenvalue weighted by molar-refractivity contribution is 5.80. The van der Waals surface area contributed by atoms with Crippen LogP contribution >= 0.6 is 0 Å². The van der Waals surface area contributed by atoms with E-state index in [1.807, 2.05) is 0 Å². The minimum atomic E-state index is -1.33. The third-order valence-electron chi connectivity index (χ3n) is 3.35. The summed E-state index contributed by atoms with van der Waals surface area (Å²) in [6.45, 7) is 1.37. The zero-order valence-corrected chi connectivity index (χ0v) is 11.9. The number of aliphatic hydroxyl groups is 3. The second kappa shape index (κ2) is 7.87. The molecule has 1 saturated heterocycles. The molecule has 0 radical (unpaired) electrons. The zero-order chi connectivity index (χ0) is 15.3. The summed E-state index contributed by atoms with van der Waals surface area (Å²) in [5, 5.41) is 30.9. The van der Waals surface area contributed by atoms with Crippen LogP contribution in [0.4, 0.5) is 0 Å². The standard InChI is InChI=1S/C12H23NO7/c1-6-8(13-11(17)7(15)4-5-14)9(16)10(18-2)12(19-3)20-6/h6-10,12,14-16H,4-5H2,1-3H3,(H,13,17)/t6-,7?,8-,9+,10+,12+/m1/s1. The number of amides is 1. The van der Waals surface area contributed by atoms with E-state index in [4.69, 9.17) is 19.3 Å². The van der Waals surface area contributed by atoms with Crippen LogP contribution in [0.2, 0.25) is 0 Å². The molecule has 1 fully saturated rings. The molecular weight excluding hydrogens is 270 g/mol. The van der Waals surface area contributed by atoms with Crippen molar-refractivity contribution in [3.05, 3.63) is 0 Å². The topological polar surface area (TPSA) is 117 Å². The van der Waals surface area contributed by atoms with Crippen LogP contribution in [0.3, 0.4) is 0 Å². The first kappa shape index (κ1) is 17.3. The average Bonchev–Trinajstić information content (AvgIpc) is 2.42. The molecule has 8 nitrogen and oxygen atoms in total. The van der Waals surface area contributed by atoms with Crippen LogP contribution in [-0.2, 0) is 19.0 Å². The van der Waals surface area contributed by atoms with Crippen molar-refractivity contribution in [1.82, 2.24) is 5.32 Å². The second-order valence-electron chi connectivity index (χ2n) is 4.70. The fourth-order valence-corrected chi connectivity index (χ4v) is 2.17. The van der Waals surface area contributed by atoms with Gasteiger partial charge in [-0.25, -0.2) is 0 Å². The molecule has 0 aliphatic carbocycles. The van der Waals surface area contributed by atoms with E-state index in [2.05, 4.69) is 5.32 Å². The van der Waals surface area contributed by atoms with Gasteiger partial charge in [0.05, 0.1) is 12.1 Å². The molecular formula is C12H23NO7. The Balaban J connectivity index is 2.71. The van der Waals surface area contributed by atoms with E-state index >= 15 is 0 Å². The highest BCUT2D eigenvalue weighted by Gasteiger charge is 2.45.